The zero-order chi connectivity index (χ0) is 27.7. The van der Waals surface area contributed by atoms with Crippen molar-refractivity contribution in [2.24, 2.45) is 11.3 Å². The molecule has 206 valence electrons. The number of amides is 1. The van der Waals surface area contributed by atoms with E-state index in [0.717, 1.165) is 23.1 Å². The summed E-state index contributed by atoms with van der Waals surface area (Å²) in [6.45, 7) is 4.80. The summed E-state index contributed by atoms with van der Waals surface area (Å²) >= 11 is 0. The van der Waals surface area contributed by atoms with E-state index in [4.69, 9.17) is 4.18 Å². The van der Waals surface area contributed by atoms with Gasteiger partial charge in [0.05, 0.1) is 16.8 Å². The second-order valence-electron chi connectivity index (χ2n) is 11.5. The van der Waals surface area contributed by atoms with E-state index >= 15 is 0 Å². The van der Waals surface area contributed by atoms with Gasteiger partial charge in [0.25, 0.3) is 16.0 Å². The summed E-state index contributed by atoms with van der Waals surface area (Å²) in [6, 6.07) is 10.2. The van der Waals surface area contributed by atoms with Crippen molar-refractivity contribution in [2.45, 2.75) is 57.6 Å². The van der Waals surface area contributed by atoms with Crippen LogP contribution in [0.5, 0.6) is 0 Å². The van der Waals surface area contributed by atoms with Crippen molar-refractivity contribution < 1.29 is 26.6 Å². The summed E-state index contributed by atoms with van der Waals surface area (Å²) in [5, 5.41) is 6.45. The first-order chi connectivity index (χ1) is 18.5. The number of carbonyl (C=O) groups excluding carboxylic acids is 2. The number of hydrogen-bond donors (Lipinski definition) is 2. The molecule has 2 heterocycles. The van der Waals surface area contributed by atoms with Crippen LogP contribution >= 0.6 is 0 Å². The van der Waals surface area contributed by atoms with Gasteiger partial charge in [0.2, 0.25) is 0 Å². The Labute approximate surface area is 227 Å². The van der Waals surface area contributed by atoms with Crippen LogP contribution in [-0.2, 0) is 37.9 Å². The van der Waals surface area contributed by atoms with Gasteiger partial charge in [-0.3, -0.25) is 13.8 Å². The Morgan fingerprint density at radius 3 is 2.56 bits per heavy atom. The van der Waals surface area contributed by atoms with E-state index in [0.29, 0.717) is 48.9 Å². The zero-order valence-electron chi connectivity index (χ0n) is 22.3. The molecule has 2 atom stereocenters. The van der Waals surface area contributed by atoms with E-state index in [1.165, 1.54) is 16.7 Å². The molecule has 0 spiro atoms. The van der Waals surface area contributed by atoms with Crippen LogP contribution in [0.25, 0.3) is 22.2 Å². The topological polar surface area (TPSA) is 106 Å². The predicted octanol–water partition coefficient (Wildman–Crippen LogP) is 3.90. The molecule has 39 heavy (non-hydrogen) atoms. The van der Waals surface area contributed by atoms with Gasteiger partial charge in [-0.05, 0) is 61.1 Å². The molecule has 2 fully saturated rings. The molecule has 0 saturated heterocycles. The van der Waals surface area contributed by atoms with Crippen LogP contribution < -0.4 is 10.6 Å². The maximum atomic E-state index is 14.9. The smallest absolute Gasteiger partial charge is 0.287 e. The average Bonchev–Trinajstić information content (AvgIpc) is 3.30. The second kappa shape index (κ2) is 8.97. The van der Waals surface area contributed by atoms with E-state index in [2.05, 4.69) is 10.6 Å². The molecular formula is C29H32FN3O5S. The van der Waals surface area contributed by atoms with Gasteiger partial charge in [0, 0.05) is 30.3 Å². The number of ketones is 1. The summed E-state index contributed by atoms with van der Waals surface area (Å²) in [5.41, 5.74) is 1.63. The average molecular weight is 554 g/mol. The van der Waals surface area contributed by atoms with Gasteiger partial charge in [-0.1, -0.05) is 38.1 Å². The number of hydrogen-bond acceptors (Lipinski definition) is 6. The number of nitrogens with zero attached hydrogens (tertiary/aromatic N) is 1. The van der Waals surface area contributed by atoms with Crippen molar-refractivity contribution in [1.82, 2.24) is 15.2 Å². The summed E-state index contributed by atoms with van der Waals surface area (Å²) in [6.07, 6.45) is 1.85. The van der Waals surface area contributed by atoms with E-state index in [1.807, 2.05) is 45.2 Å². The summed E-state index contributed by atoms with van der Waals surface area (Å²) in [4.78, 5) is 25.9. The highest BCUT2D eigenvalue weighted by Crippen LogP contribution is 2.60. The van der Waals surface area contributed by atoms with Crippen molar-refractivity contribution in [1.29, 1.82) is 0 Å². The lowest BCUT2D eigenvalue weighted by atomic mass is 9.79. The Morgan fingerprint density at radius 2 is 1.92 bits per heavy atom. The van der Waals surface area contributed by atoms with Crippen LogP contribution in [0.3, 0.4) is 0 Å². The number of benzene rings is 2. The SMILES string of the molecule is CNCc1ccc(-c2c3c4c(cc(F)cc4n2CS(=O)(=O)O[C@]24CC[C@H](CC2=O)C4(C)C)C(=O)NCC3)cc1. The molecule has 0 unspecified atom stereocenters. The Morgan fingerprint density at radius 1 is 1.18 bits per heavy atom. The number of carbonyl (C=O) groups is 2. The Hall–Kier alpha value is -3.08. The Balaban J connectivity index is 1.52. The van der Waals surface area contributed by atoms with Gasteiger partial charge in [-0.25, -0.2) is 4.39 Å². The molecular weight excluding hydrogens is 521 g/mol. The fourth-order valence-electron chi connectivity index (χ4n) is 7.02. The Kier molecular flexibility index (Phi) is 6.02. The largest absolute Gasteiger partial charge is 0.352 e. The minimum absolute atomic E-state index is 0.0823. The highest BCUT2D eigenvalue weighted by molar-refractivity contribution is 7.85. The number of Topliss-reactive ketones (excluding diaryl/α,β-unsaturated/α-hetero) is 1. The molecule has 2 aromatic carbocycles. The number of rotatable bonds is 7. The van der Waals surface area contributed by atoms with Crippen LogP contribution in [0.1, 0.15) is 54.6 Å². The lowest BCUT2D eigenvalue weighted by molar-refractivity contribution is -0.136. The normalized spacial score (nSPS) is 23.8. The van der Waals surface area contributed by atoms with Crippen LogP contribution in [0.4, 0.5) is 4.39 Å². The molecule has 8 nitrogen and oxygen atoms in total. The molecule has 3 aromatic rings. The zero-order valence-corrected chi connectivity index (χ0v) is 23.1. The molecule has 1 amide bonds. The third-order valence-electron chi connectivity index (χ3n) is 9.09. The third kappa shape index (κ3) is 3.95. The molecule has 1 aliphatic heterocycles. The minimum Gasteiger partial charge on any atom is -0.352 e. The lowest BCUT2D eigenvalue weighted by Crippen LogP contribution is -2.47. The first-order valence-electron chi connectivity index (χ1n) is 13.3. The standard InChI is InChI=1S/C29H32FN3O5S/c1-28(2)19-8-10-29(28,24(34)12-19)38-39(36,37)16-33-23-14-20(30)13-22-25(23)21(9-11-32-27(22)35)26(33)18-6-4-17(5-7-18)15-31-3/h4-7,13-14,19,31H,8-12,15-16H2,1-3H3,(H,32,35)/t19-,29-/m1/s1. The van der Waals surface area contributed by atoms with Gasteiger partial charge in [-0.15, -0.1) is 0 Å². The van der Waals surface area contributed by atoms with E-state index in [9.17, 15) is 22.4 Å². The molecule has 6 rings (SSSR count). The maximum absolute atomic E-state index is 14.9. The summed E-state index contributed by atoms with van der Waals surface area (Å²) in [5.74, 6) is -1.75. The number of fused-ring (bicyclic) bond motifs is 2. The molecule has 2 aliphatic carbocycles. The highest BCUT2D eigenvalue weighted by atomic mass is 32.2. The van der Waals surface area contributed by atoms with Gasteiger partial charge in [-0.2, -0.15) is 8.42 Å². The third-order valence-corrected chi connectivity index (χ3v) is 10.2. The number of halogens is 1. The summed E-state index contributed by atoms with van der Waals surface area (Å²) in [7, 11) is -2.46. The van der Waals surface area contributed by atoms with Crippen LogP contribution in [0.15, 0.2) is 36.4 Å². The molecule has 2 saturated carbocycles. The Bertz CT molecular complexity index is 1630. The first-order valence-corrected chi connectivity index (χ1v) is 14.9. The van der Waals surface area contributed by atoms with Crippen molar-refractivity contribution in [2.75, 3.05) is 13.6 Å². The predicted molar refractivity (Wildman–Crippen MR) is 145 cm³/mol. The molecule has 10 heteroatoms. The highest BCUT2D eigenvalue weighted by Gasteiger charge is 2.67. The molecule has 1 aromatic heterocycles. The molecule has 2 N–H and O–H groups in total. The fourth-order valence-corrected chi connectivity index (χ4v) is 8.49. The lowest BCUT2D eigenvalue weighted by Gasteiger charge is -2.35. The van der Waals surface area contributed by atoms with Gasteiger partial charge >= 0.3 is 0 Å². The maximum Gasteiger partial charge on any atom is 0.287 e. The van der Waals surface area contributed by atoms with Crippen LogP contribution in [0.2, 0.25) is 0 Å². The molecule has 0 radical (unpaired) electrons. The number of aromatic nitrogens is 1. The first kappa shape index (κ1) is 26.2. The fraction of sp³-hybridized carbons (Fsp3) is 0.448. The van der Waals surface area contributed by atoms with E-state index < -0.39 is 38.7 Å². The molecule has 2 bridgehead atoms. The van der Waals surface area contributed by atoms with E-state index in [1.54, 1.807) is 0 Å². The van der Waals surface area contributed by atoms with Crippen molar-refractivity contribution >= 4 is 32.7 Å². The molecule has 3 aliphatic rings. The number of nitrogens with one attached hydrogen (secondary N) is 2. The summed E-state index contributed by atoms with van der Waals surface area (Å²) < 4.78 is 49.9. The minimum atomic E-state index is -4.32. The van der Waals surface area contributed by atoms with E-state index in [-0.39, 0.29) is 17.3 Å². The second-order valence-corrected chi connectivity index (χ2v) is 13.1. The van der Waals surface area contributed by atoms with Crippen molar-refractivity contribution in [3.05, 3.63) is 58.9 Å². The van der Waals surface area contributed by atoms with Gasteiger partial charge in [0.15, 0.2) is 17.3 Å². The van der Waals surface area contributed by atoms with Crippen LogP contribution in [-0.4, -0.2) is 43.9 Å². The van der Waals surface area contributed by atoms with Crippen molar-refractivity contribution in [3.8, 4) is 11.3 Å². The van der Waals surface area contributed by atoms with Gasteiger partial charge in [0.1, 0.15) is 5.82 Å². The van der Waals surface area contributed by atoms with Gasteiger partial charge < -0.3 is 15.2 Å². The monoisotopic (exact) mass is 553 g/mol. The quantitative estimate of drug-likeness (QED) is 0.430. The van der Waals surface area contributed by atoms with Crippen molar-refractivity contribution in [3.63, 3.8) is 0 Å². The van der Waals surface area contributed by atoms with Crippen LogP contribution in [0, 0.1) is 17.2 Å².